The summed E-state index contributed by atoms with van der Waals surface area (Å²) in [6, 6.07) is 16.9. The highest BCUT2D eigenvalue weighted by Crippen LogP contribution is 2.24. The molecule has 1 aromatic heterocycles. The van der Waals surface area contributed by atoms with Gasteiger partial charge in [-0.3, -0.25) is 9.79 Å². The van der Waals surface area contributed by atoms with Gasteiger partial charge in [0.25, 0.3) is 0 Å². The van der Waals surface area contributed by atoms with E-state index < -0.39 is 0 Å². The summed E-state index contributed by atoms with van der Waals surface area (Å²) >= 11 is 0. The number of hydrogen-bond donors (Lipinski definition) is 3. The maximum absolute atomic E-state index is 12.1. The van der Waals surface area contributed by atoms with Gasteiger partial charge in [0.05, 0.1) is 12.9 Å². The molecule has 1 amide bonds. The Bertz CT molecular complexity index is 1040. The van der Waals surface area contributed by atoms with E-state index in [9.17, 15) is 4.79 Å². The van der Waals surface area contributed by atoms with Gasteiger partial charge in [0.1, 0.15) is 0 Å². The number of carbonyl (C=O) groups excluding carboxylic acids is 1. The van der Waals surface area contributed by atoms with Crippen LogP contribution in [0.5, 0.6) is 0 Å². The normalized spacial score (nSPS) is 11.5. The minimum Gasteiger partial charge on any atom is -0.352 e. The van der Waals surface area contributed by atoms with Gasteiger partial charge in [0, 0.05) is 38.1 Å². The quantitative estimate of drug-likeness (QED) is 0.233. The van der Waals surface area contributed by atoms with Gasteiger partial charge >= 0.3 is 0 Å². The predicted octanol–water partition coefficient (Wildman–Crippen LogP) is 3.80. The van der Waals surface area contributed by atoms with Crippen molar-refractivity contribution in [1.82, 2.24) is 25.5 Å². The van der Waals surface area contributed by atoms with E-state index in [0.29, 0.717) is 12.5 Å². The van der Waals surface area contributed by atoms with Crippen LogP contribution in [0.25, 0.3) is 11.1 Å². The third-order valence-corrected chi connectivity index (χ3v) is 4.81. The minimum absolute atomic E-state index is 0. The van der Waals surface area contributed by atoms with Gasteiger partial charge in [0.15, 0.2) is 5.96 Å². The summed E-state index contributed by atoms with van der Waals surface area (Å²) in [6.07, 6.45) is 5.57. The van der Waals surface area contributed by atoms with Crippen molar-refractivity contribution < 1.29 is 4.79 Å². The first-order valence-corrected chi connectivity index (χ1v) is 10.7. The zero-order chi connectivity index (χ0) is 23.0. The van der Waals surface area contributed by atoms with Crippen LogP contribution >= 0.6 is 24.0 Å². The van der Waals surface area contributed by atoms with Gasteiger partial charge in [-0.25, -0.2) is 4.98 Å². The van der Waals surface area contributed by atoms with Crippen molar-refractivity contribution >= 4 is 35.8 Å². The highest BCUT2D eigenvalue weighted by Gasteiger charge is 2.14. The fourth-order valence-corrected chi connectivity index (χ4v) is 3.36. The maximum atomic E-state index is 12.1. The van der Waals surface area contributed by atoms with Gasteiger partial charge in [0.2, 0.25) is 5.91 Å². The first kappa shape index (κ1) is 26.4. The van der Waals surface area contributed by atoms with Crippen molar-refractivity contribution in [3.63, 3.8) is 0 Å². The van der Waals surface area contributed by atoms with Crippen LogP contribution in [-0.2, 0) is 17.9 Å². The number of aromatic nitrogens is 2. The second-order valence-electron chi connectivity index (χ2n) is 8.67. The summed E-state index contributed by atoms with van der Waals surface area (Å²) < 4.78 is 2.05. The number of aliphatic imine (C=N–C) groups is 1. The van der Waals surface area contributed by atoms with E-state index in [2.05, 4.69) is 62.3 Å². The Morgan fingerprint density at radius 1 is 1.06 bits per heavy atom. The molecular weight excluding hydrogens is 527 g/mol. The van der Waals surface area contributed by atoms with E-state index in [0.717, 1.165) is 23.2 Å². The second-order valence-corrected chi connectivity index (χ2v) is 8.67. The molecule has 0 aliphatic rings. The number of rotatable bonds is 7. The van der Waals surface area contributed by atoms with Gasteiger partial charge in [-0.05, 0) is 43.0 Å². The zero-order valence-corrected chi connectivity index (χ0v) is 22.0. The third kappa shape index (κ3) is 8.53. The first-order chi connectivity index (χ1) is 15.3. The lowest BCUT2D eigenvalue weighted by Gasteiger charge is -2.21. The number of amides is 1. The highest BCUT2D eigenvalue weighted by atomic mass is 127. The van der Waals surface area contributed by atoms with E-state index in [1.165, 1.54) is 5.56 Å². The molecule has 33 heavy (non-hydrogen) atoms. The molecule has 3 rings (SSSR count). The van der Waals surface area contributed by atoms with Crippen LogP contribution in [-0.4, -0.2) is 40.5 Å². The van der Waals surface area contributed by atoms with Crippen molar-refractivity contribution in [2.75, 3.05) is 13.6 Å². The predicted molar refractivity (Wildman–Crippen MR) is 145 cm³/mol. The van der Waals surface area contributed by atoms with Crippen molar-refractivity contribution in [3.05, 3.63) is 78.4 Å². The van der Waals surface area contributed by atoms with Crippen LogP contribution in [0.15, 0.2) is 72.2 Å². The third-order valence-electron chi connectivity index (χ3n) is 4.81. The molecule has 0 atom stereocenters. The summed E-state index contributed by atoms with van der Waals surface area (Å²) in [5, 5.41) is 9.30. The maximum Gasteiger partial charge on any atom is 0.239 e. The molecule has 0 aliphatic heterocycles. The van der Waals surface area contributed by atoms with E-state index in [4.69, 9.17) is 0 Å². The minimum atomic E-state index is -0.261. The fourth-order valence-electron chi connectivity index (χ4n) is 3.36. The molecule has 0 spiro atoms. The summed E-state index contributed by atoms with van der Waals surface area (Å²) in [7, 11) is 1.70. The number of hydrogen-bond acceptors (Lipinski definition) is 3. The molecule has 0 fully saturated rings. The molecule has 1 heterocycles. The van der Waals surface area contributed by atoms with Crippen LogP contribution in [0.4, 0.5) is 0 Å². The summed E-state index contributed by atoms with van der Waals surface area (Å²) in [6.45, 7) is 7.43. The molecule has 0 bridgehead atoms. The van der Waals surface area contributed by atoms with Gasteiger partial charge in [-0.15, -0.1) is 24.0 Å². The van der Waals surface area contributed by atoms with Gasteiger partial charge < -0.3 is 20.5 Å². The Balaban J connectivity index is 0.00000385. The second kappa shape index (κ2) is 12.4. The molecule has 0 saturated carbocycles. The Hall–Kier alpha value is -2.88. The molecule has 0 aliphatic carbocycles. The van der Waals surface area contributed by atoms with Crippen LogP contribution in [0, 0.1) is 0 Å². The topological polar surface area (TPSA) is 83.3 Å². The summed E-state index contributed by atoms with van der Waals surface area (Å²) in [4.78, 5) is 20.4. The van der Waals surface area contributed by atoms with Gasteiger partial charge in [-0.2, -0.15) is 0 Å². The van der Waals surface area contributed by atoms with Crippen LogP contribution in [0.1, 0.15) is 31.9 Å². The van der Waals surface area contributed by atoms with Crippen molar-refractivity contribution in [1.29, 1.82) is 0 Å². The monoisotopic (exact) mass is 560 g/mol. The van der Waals surface area contributed by atoms with Gasteiger partial charge in [-0.1, -0.05) is 48.5 Å². The molecule has 7 nitrogen and oxygen atoms in total. The number of imidazole rings is 1. The Morgan fingerprint density at radius 3 is 2.42 bits per heavy atom. The fraction of sp³-hybridized carbons (Fsp3) is 0.320. The Kier molecular flexibility index (Phi) is 9.90. The molecule has 3 N–H and O–H groups in total. The van der Waals surface area contributed by atoms with E-state index in [-0.39, 0.29) is 42.0 Å². The number of benzene rings is 2. The zero-order valence-electron chi connectivity index (χ0n) is 19.6. The lowest BCUT2D eigenvalue weighted by molar-refractivity contribution is -0.121. The molecular formula is C25H33IN6O. The highest BCUT2D eigenvalue weighted by molar-refractivity contribution is 14.0. The molecule has 0 radical (unpaired) electrons. The van der Waals surface area contributed by atoms with Crippen LogP contribution in [0.2, 0.25) is 0 Å². The number of nitrogens with zero attached hydrogens (tertiary/aromatic N) is 3. The molecule has 3 aromatic rings. The molecule has 2 aromatic carbocycles. The molecule has 8 heteroatoms. The average Bonchev–Trinajstić information content (AvgIpc) is 3.26. The summed E-state index contributed by atoms with van der Waals surface area (Å²) in [5.74, 6) is 0.510. The van der Waals surface area contributed by atoms with Crippen molar-refractivity contribution in [3.8, 4) is 11.1 Å². The lowest BCUT2D eigenvalue weighted by Crippen LogP contribution is -2.48. The average molecular weight is 560 g/mol. The first-order valence-electron chi connectivity index (χ1n) is 10.7. The van der Waals surface area contributed by atoms with Crippen LogP contribution in [0.3, 0.4) is 0 Å². The SMILES string of the molecule is CN=C(NCC(=O)NC(C)(C)C)NCc1ccccc1-c1ccc(Cn2ccnc2)cc1.I. The number of guanidine groups is 1. The van der Waals surface area contributed by atoms with E-state index in [1.807, 2.05) is 50.0 Å². The van der Waals surface area contributed by atoms with Crippen molar-refractivity contribution in [2.24, 2.45) is 4.99 Å². The largest absolute Gasteiger partial charge is 0.352 e. The number of nitrogens with one attached hydrogen (secondary N) is 3. The standard InChI is InChI=1S/C25H32N6O.HI/c1-25(2,3)30-23(32)16-29-24(26-4)28-15-21-7-5-6-8-22(21)20-11-9-19(10-12-20)17-31-14-13-27-18-31;/h5-14,18H,15-17H2,1-4H3,(H,30,32)(H2,26,28,29);1H. The molecule has 0 saturated heterocycles. The van der Waals surface area contributed by atoms with Crippen LogP contribution < -0.4 is 16.0 Å². The number of carbonyl (C=O) groups is 1. The summed E-state index contributed by atoms with van der Waals surface area (Å²) in [5.41, 5.74) is 4.43. The smallest absolute Gasteiger partial charge is 0.239 e. The molecule has 176 valence electrons. The number of halogens is 1. The van der Waals surface area contributed by atoms with E-state index in [1.54, 1.807) is 13.2 Å². The lowest BCUT2D eigenvalue weighted by atomic mass is 9.98. The van der Waals surface area contributed by atoms with E-state index >= 15 is 0 Å². The Labute approximate surface area is 213 Å². The Morgan fingerprint density at radius 2 is 1.79 bits per heavy atom. The molecule has 0 unspecified atom stereocenters. The van der Waals surface area contributed by atoms with Crippen molar-refractivity contribution in [2.45, 2.75) is 39.4 Å².